The van der Waals surface area contributed by atoms with Crippen LogP contribution in [-0.2, 0) is 23.9 Å². The van der Waals surface area contributed by atoms with Crippen LogP contribution in [0.25, 0.3) is 0 Å². The molecule has 0 saturated carbocycles. The maximum atomic E-state index is 11.2. The van der Waals surface area contributed by atoms with E-state index in [9.17, 15) is 14.4 Å². The summed E-state index contributed by atoms with van der Waals surface area (Å²) in [7, 11) is 1.11. The average molecular weight is 186 g/mol. The Morgan fingerprint density at radius 3 is 2.77 bits per heavy atom. The first kappa shape index (κ1) is 9.85. The number of Topliss-reactive ketones (excluding diaryl/α,β-unsaturated/α-hetero) is 2. The van der Waals surface area contributed by atoms with E-state index in [1.54, 1.807) is 0 Å². The Hall–Kier alpha value is -1.23. The van der Waals surface area contributed by atoms with Gasteiger partial charge < -0.3 is 9.47 Å². The maximum absolute atomic E-state index is 11.2. The fourth-order valence-electron chi connectivity index (χ4n) is 1.11. The van der Waals surface area contributed by atoms with Gasteiger partial charge in [0.1, 0.15) is 11.7 Å². The number of ketones is 2. The Kier molecular flexibility index (Phi) is 3.13. The van der Waals surface area contributed by atoms with Gasteiger partial charge >= 0.3 is 5.97 Å². The van der Waals surface area contributed by atoms with E-state index in [4.69, 9.17) is 4.74 Å². The van der Waals surface area contributed by atoms with Gasteiger partial charge in [-0.2, -0.15) is 0 Å². The summed E-state index contributed by atoms with van der Waals surface area (Å²) in [5.74, 6) is -3.00. The second-order valence-corrected chi connectivity index (χ2v) is 2.70. The molecule has 0 amide bonds. The Labute approximate surface area is 75.0 Å². The number of hydrogen-bond acceptors (Lipinski definition) is 5. The lowest BCUT2D eigenvalue weighted by atomic mass is 9.96. The number of esters is 1. The molecule has 1 unspecified atom stereocenters. The van der Waals surface area contributed by atoms with Crippen LogP contribution in [0.2, 0.25) is 0 Å². The van der Waals surface area contributed by atoms with Crippen molar-refractivity contribution in [2.75, 3.05) is 20.3 Å². The van der Waals surface area contributed by atoms with Gasteiger partial charge in [0.25, 0.3) is 5.78 Å². The summed E-state index contributed by atoms with van der Waals surface area (Å²) in [5, 5.41) is 0. The summed E-state index contributed by atoms with van der Waals surface area (Å²) < 4.78 is 9.14. The van der Waals surface area contributed by atoms with Crippen molar-refractivity contribution >= 4 is 17.5 Å². The number of carbonyl (C=O) groups is 3. The number of ether oxygens (including phenoxy) is 2. The molecule has 72 valence electrons. The predicted molar refractivity (Wildman–Crippen MR) is 41.0 cm³/mol. The topological polar surface area (TPSA) is 69.7 Å². The second kappa shape index (κ2) is 4.13. The molecule has 0 aliphatic carbocycles. The normalized spacial score (nSPS) is 22.5. The fraction of sp³-hybridized carbons (Fsp3) is 0.625. The van der Waals surface area contributed by atoms with Crippen LogP contribution in [0.3, 0.4) is 0 Å². The zero-order chi connectivity index (χ0) is 9.84. The maximum Gasteiger partial charge on any atom is 0.375 e. The van der Waals surface area contributed by atoms with Crippen LogP contribution in [0.5, 0.6) is 0 Å². The van der Waals surface area contributed by atoms with Crippen LogP contribution < -0.4 is 0 Å². The molecule has 1 fully saturated rings. The number of methoxy groups -OCH3 is 1. The SMILES string of the molecule is COC(=O)C(=O)C1COCCC1=O. The summed E-state index contributed by atoms with van der Waals surface area (Å²) in [6.45, 7) is 0.316. The molecule has 0 aromatic rings. The summed E-state index contributed by atoms with van der Waals surface area (Å²) >= 11 is 0. The highest BCUT2D eigenvalue weighted by Gasteiger charge is 2.34. The summed E-state index contributed by atoms with van der Waals surface area (Å²) in [5.41, 5.74) is 0. The predicted octanol–water partition coefficient (Wildman–Crippen LogP) is -0.666. The van der Waals surface area contributed by atoms with Crippen molar-refractivity contribution in [3.05, 3.63) is 0 Å². The minimum atomic E-state index is -0.983. The highest BCUT2D eigenvalue weighted by molar-refractivity contribution is 6.38. The molecular weight excluding hydrogens is 176 g/mol. The van der Waals surface area contributed by atoms with Gasteiger partial charge in [0.2, 0.25) is 0 Å². The number of carbonyl (C=O) groups excluding carboxylic acids is 3. The molecule has 13 heavy (non-hydrogen) atoms. The summed E-state index contributed by atoms with van der Waals surface area (Å²) in [6.07, 6.45) is 0.188. The van der Waals surface area contributed by atoms with Crippen molar-refractivity contribution in [3.63, 3.8) is 0 Å². The van der Waals surface area contributed by atoms with Crippen LogP contribution in [0.1, 0.15) is 6.42 Å². The third-order valence-electron chi connectivity index (χ3n) is 1.87. The zero-order valence-corrected chi connectivity index (χ0v) is 7.24. The lowest BCUT2D eigenvalue weighted by molar-refractivity contribution is -0.157. The van der Waals surface area contributed by atoms with Gasteiger partial charge in [-0.25, -0.2) is 4.79 Å². The molecule has 1 heterocycles. The first-order valence-electron chi connectivity index (χ1n) is 3.89. The smallest absolute Gasteiger partial charge is 0.375 e. The van der Waals surface area contributed by atoms with Crippen molar-refractivity contribution in [2.45, 2.75) is 6.42 Å². The van der Waals surface area contributed by atoms with Gasteiger partial charge in [0.05, 0.1) is 20.3 Å². The van der Waals surface area contributed by atoms with Crippen molar-refractivity contribution < 1.29 is 23.9 Å². The van der Waals surface area contributed by atoms with Gasteiger partial charge in [-0.05, 0) is 0 Å². The highest BCUT2D eigenvalue weighted by atomic mass is 16.5. The Morgan fingerprint density at radius 2 is 2.23 bits per heavy atom. The Balaban J connectivity index is 2.64. The molecule has 1 saturated heterocycles. The van der Waals surface area contributed by atoms with Gasteiger partial charge in [-0.3, -0.25) is 9.59 Å². The fourth-order valence-corrected chi connectivity index (χ4v) is 1.11. The lowest BCUT2D eigenvalue weighted by Crippen LogP contribution is -2.38. The molecule has 1 aliphatic heterocycles. The molecule has 0 aromatic carbocycles. The van der Waals surface area contributed by atoms with E-state index in [0.717, 1.165) is 7.11 Å². The molecule has 1 aliphatic rings. The van der Waals surface area contributed by atoms with Crippen molar-refractivity contribution in [1.29, 1.82) is 0 Å². The first-order valence-corrected chi connectivity index (χ1v) is 3.89. The van der Waals surface area contributed by atoms with Gasteiger partial charge in [0, 0.05) is 6.42 Å². The molecule has 0 bridgehead atoms. The zero-order valence-electron chi connectivity index (χ0n) is 7.24. The van der Waals surface area contributed by atoms with Crippen LogP contribution in [-0.4, -0.2) is 37.9 Å². The average Bonchev–Trinajstić information content (AvgIpc) is 2.16. The second-order valence-electron chi connectivity index (χ2n) is 2.70. The van der Waals surface area contributed by atoms with Crippen LogP contribution in [0.4, 0.5) is 0 Å². The number of rotatable bonds is 2. The van der Waals surface area contributed by atoms with Crippen LogP contribution in [0.15, 0.2) is 0 Å². The van der Waals surface area contributed by atoms with E-state index in [1.807, 2.05) is 0 Å². The largest absolute Gasteiger partial charge is 0.463 e. The Bertz CT molecular complexity index is 245. The quantitative estimate of drug-likeness (QED) is 0.325. The molecule has 0 spiro atoms. The highest BCUT2D eigenvalue weighted by Crippen LogP contribution is 2.11. The van der Waals surface area contributed by atoms with Crippen molar-refractivity contribution in [3.8, 4) is 0 Å². The molecule has 0 N–H and O–H groups in total. The van der Waals surface area contributed by atoms with Gasteiger partial charge in [0.15, 0.2) is 0 Å². The molecule has 5 nitrogen and oxygen atoms in total. The molecule has 0 aromatic heterocycles. The van der Waals surface area contributed by atoms with E-state index in [1.165, 1.54) is 0 Å². The molecular formula is C8H10O5. The van der Waals surface area contributed by atoms with E-state index in [0.29, 0.717) is 6.61 Å². The lowest BCUT2D eigenvalue weighted by Gasteiger charge is -2.18. The van der Waals surface area contributed by atoms with Gasteiger partial charge in [-0.1, -0.05) is 0 Å². The molecule has 1 rings (SSSR count). The van der Waals surface area contributed by atoms with E-state index in [2.05, 4.69) is 4.74 Å². The molecule has 5 heteroatoms. The molecule has 0 radical (unpaired) electrons. The standard InChI is InChI=1S/C8H10O5/c1-12-8(11)7(10)5-4-13-3-2-6(5)9/h5H,2-4H2,1H3. The summed E-state index contributed by atoms with van der Waals surface area (Å²) in [4.78, 5) is 33.1. The third kappa shape index (κ3) is 2.12. The van der Waals surface area contributed by atoms with Crippen molar-refractivity contribution in [1.82, 2.24) is 0 Å². The van der Waals surface area contributed by atoms with E-state index >= 15 is 0 Å². The first-order chi connectivity index (χ1) is 6.16. The van der Waals surface area contributed by atoms with E-state index in [-0.39, 0.29) is 18.8 Å². The van der Waals surface area contributed by atoms with Crippen molar-refractivity contribution in [2.24, 2.45) is 5.92 Å². The van der Waals surface area contributed by atoms with E-state index < -0.39 is 17.7 Å². The molecule has 1 atom stereocenters. The summed E-state index contributed by atoms with van der Waals surface area (Å²) in [6, 6.07) is 0. The minimum absolute atomic E-state index is 0.00718. The van der Waals surface area contributed by atoms with Crippen LogP contribution >= 0.6 is 0 Å². The monoisotopic (exact) mass is 186 g/mol. The van der Waals surface area contributed by atoms with Gasteiger partial charge in [-0.15, -0.1) is 0 Å². The van der Waals surface area contributed by atoms with Crippen LogP contribution in [0, 0.1) is 5.92 Å². The third-order valence-corrected chi connectivity index (χ3v) is 1.87. The minimum Gasteiger partial charge on any atom is -0.463 e. The number of hydrogen-bond donors (Lipinski definition) is 0. The Morgan fingerprint density at radius 1 is 1.54 bits per heavy atom.